The number of likely N-dealkylation sites (tertiary alicyclic amines) is 1. The number of amides is 3. The van der Waals surface area contributed by atoms with Crippen LogP contribution in [0.5, 0.6) is 0 Å². The predicted octanol–water partition coefficient (Wildman–Crippen LogP) is 3.21. The van der Waals surface area contributed by atoms with Crippen LogP contribution in [-0.2, 0) is 16.1 Å². The molecule has 2 fully saturated rings. The molecule has 1 atom stereocenters. The first-order chi connectivity index (χ1) is 13.6. The minimum atomic E-state index is -0.459. The lowest BCUT2D eigenvalue weighted by molar-refractivity contribution is -0.144. The van der Waals surface area contributed by atoms with Crippen molar-refractivity contribution in [3.8, 4) is 0 Å². The topological polar surface area (TPSA) is 70.7 Å². The third-order valence-corrected chi connectivity index (χ3v) is 5.77. The summed E-state index contributed by atoms with van der Waals surface area (Å²) < 4.78 is 5.75. The van der Waals surface area contributed by atoms with E-state index in [9.17, 15) is 9.59 Å². The first kappa shape index (κ1) is 20.6. The molecule has 154 valence electrons. The first-order valence-corrected chi connectivity index (χ1v) is 10.6. The van der Waals surface area contributed by atoms with E-state index < -0.39 is 6.10 Å². The van der Waals surface area contributed by atoms with Gasteiger partial charge in [-0.2, -0.15) is 0 Å². The lowest BCUT2D eigenvalue weighted by atomic mass is 9.96. The average Bonchev–Trinajstić information content (AvgIpc) is 2.73. The lowest BCUT2D eigenvalue weighted by Gasteiger charge is -2.34. The van der Waals surface area contributed by atoms with Gasteiger partial charge in [-0.05, 0) is 38.2 Å². The van der Waals surface area contributed by atoms with E-state index in [1.54, 1.807) is 0 Å². The van der Waals surface area contributed by atoms with E-state index in [1.165, 1.54) is 19.3 Å². The summed E-state index contributed by atoms with van der Waals surface area (Å²) in [5, 5.41) is 6.18. The van der Waals surface area contributed by atoms with Crippen molar-refractivity contribution >= 4 is 11.9 Å². The lowest BCUT2D eigenvalue weighted by Crippen LogP contribution is -2.52. The van der Waals surface area contributed by atoms with E-state index in [-0.39, 0.29) is 18.0 Å². The largest absolute Gasteiger partial charge is 0.364 e. The van der Waals surface area contributed by atoms with Gasteiger partial charge in [0, 0.05) is 25.2 Å². The molecule has 2 aliphatic rings. The number of hydrogen-bond donors (Lipinski definition) is 2. The van der Waals surface area contributed by atoms with Crippen LogP contribution in [0.4, 0.5) is 4.79 Å². The van der Waals surface area contributed by atoms with Crippen LogP contribution < -0.4 is 10.6 Å². The molecule has 28 heavy (non-hydrogen) atoms. The van der Waals surface area contributed by atoms with Crippen molar-refractivity contribution in [2.24, 2.45) is 0 Å². The zero-order valence-electron chi connectivity index (χ0n) is 16.9. The quantitative estimate of drug-likeness (QED) is 0.787. The summed E-state index contributed by atoms with van der Waals surface area (Å²) in [6.45, 7) is 3.57. The molecule has 1 saturated heterocycles. The smallest absolute Gasteiger partial charge is 0.315 e. The highest BCUT2D eigenvalue weighted by Gasteiger charge is 2.27. The molecule has 3 rings (SSSR count). The molecule has 2 N–H and O–H groups in total. The highest BCUT2D eigenvalue weighted by atomic mass is 16.5. The van der Waals surface area contributed by atoms with Crippen molar-refractivity contribution in [3.63, 3.8) is 0 Å². The number of urea groups is 1. The fraction of sp³-hybridized carbons (Fsp3) is 0.636. The fourth-order valence-corrected chi connectivity index (χ4v) is 4.03. The second-order valence-corrected chi connectivity index (χ2v) is 7.99. The highest BCUT2D eigenvalue weighted by Crippen LogP contribution is 2.18. The molecule has 0 spiro atoms. The van der Waals surface area contributed by atoms with Gasteiger partial charge in [-0.15, -0.1) is 0 Å². The van der Waals surface area contributed by atoms with Crippen LogP contribution in [0, 0.1) is 0 Å². The number of nitrogens with zero attached hydrogens (tertiary/aromatic N) is 1. The van der Waals surface area contributed by atoms with Crippen molar-refractivity contribution in [2.45, 2.75) is 76.7 Å². The summed E-state index contributed by atoms with van der Waals surface area (Å²) in [5.41, 5.74) is 1.06. The summed E-state index contributed by atoms with van der Waals surface area (Å²) >= 11 is 0. The molecule has 0 aromatic heterocycles. The van der Waals surface area contributed by atoms with Crippen LogP contribution in [0.3, 0.4) is 0 Å². The Morgan fingerprint density at radius 2 is 1.61 bits per heavy atom. The molecule has 1 aromatic rings. The molecule has 1 aliphatic heterocycles. The second-order valence-electron chi connectivity index (χ2n) is 7.99. The molecular formula is C22H33N3O3. The fourth-order valence-electron chi connectivity index (χ4n) is 4.03. The minimum Gasteiger partial charge on any atom is -0.364 e. The van der Waals surface area contributed by atoms with Gasteiger partial charge in [0.15, 0.2) is 0 Å². The minimum absolute atomic E-state index is 0.0287. The second kappa shape index (κ2) is 10.5. The highest BCUT2D eigenvalue weighted by molar-refractivity contribution is 5.80. The zero-order valence-corrected chi connectivity index (χ0v) is 16.9. The molecule has 1 aliphatic carbocycles. The van der Waals surface area contributed by atoms with E-state index in [2.05, 4.69) is 10.6 Å². The summed E-state index contributed by atoms with van der Waals surface area (Å²) in [6.07, 6.45) is 6.97. The molecule has 0 bridgehead atoms. The molecule has 0 radical (unpaired) electrons. The molecular weight excluding hydrogens is 354 g/mol. The van der Waals surface area contributed by atoms with Gasteiger partial charge < -0.3 is 20.3 Å². The predicted molar refractivity (Wildman–Crippen MR) is 109 cm³/mol. The maximum Gasteiger partial charge on any atom is 0.315 e. The number of rotatable bonds is 6. The van der Waals surface area contributed by atoms with Gasteiger partial charge in [-0.25, -0.2) is 4.79 Å². The number of carbonyl (C=O) groups excluding carboxylic acids is 2. The van der Waals surface area contributed by atoms with Gasteiger partial charge in [-0.1, -0.05) is 49.6 Å². The van der Waals surface area contributed by atoms with Gasteiger partial charge in [0.05, 0.1) is 6.61 Å². The molecule has 1 heterocycles. The van der Waals surface area contributed by atoms with Crippen LogP contribution in [0.1, 0.15) is 57.4 Å². The number of benzene rings is 1. The Kier molecular flexibility index (Phi) is 7.71. The number of carbonyl (C=O) groups is 2. The molecule has 1 saturated carbocycles. The van der Waals surface area contributed by atoms with E-state index in [0.29, 0.717) is 25.7 Å². The average molecular weight is 388 g/mol. The Labute approximate surface area is 168 Å². The monoisotopic (exact) mass is 387 g/mol. The molecule has 1 unspecified atom stereocenters. The van der Waals surface area contributed by atoms with Crippen molar-refractivity contribution in [3.05, 3.63) is 35.9 Å². The van der Waals surface area contributed by atoms with E-state index >= 15 is 0 Å². The van der Waals surface area contributed by atoms with Crippen LogP contribution in [0.15, 0.2) is 30.3 Å². The summed E-state index contributed by atoms with van der Waals surface area (Å²) in [7, 11) is 0. The first-order valence-electron chi connectivity index (χ1n) is 10.6. The third-order valence-electron chi connectivity index (χ3n) is 5.77. The van der Waals surface area contributed by atoms with E-state index in [1.807, 2.05) is 42.2 Å². The summed E-state index contributed by atoms with van der Waals surface area (Å²) in [4.78, 5) is 26.7. The van der Waals surface area contributed by atoms with Crippen molar-refractivity contribution in [1.82, 2.24) is 15.5 Å². The maximum absolute atomic E-state index is 12.6. The number of nitrogens with one attached hydrogen (secondary N) is 2. The normalized spacial score (nSPS) is 19.8. The Bertz CT molecular complexity index is 623. The zero-order chi connectivity index (χ0) is 19.8. The molecule has 6 heteroatoms. The standard InChI is InChI=1S/C22H33N3O3/c1-17(28-16-18-8-4-2-5-9-18)21(26)25-14-12-20(13-15-25)24-22(27)23-19-10-6-3-7-11-19/h2,4-5,8-9,17,19-20H,3,6-7,10-16H2,1H3,(H2,23,24,27). The Balaban J connectivity index is 1.35. The van der Waals surface area contributed by atoms with Gasteiger partial charge in [0.25, 0.3) is 5.91 Å². The van der Waals surface area contributed by atoms with Gasteiger partial charge in [0.2, 0.25) is 0 Å². The molecule has 3 amide bonds. The van der Waals surface area contributed by atoms with Crippen molar-refractivity contribution in [1.29, 1.82) is 0 Å². The van der Waals surface area contributed by atoms with Gasteiger partial charge in [-0.3, -0.25) is 4.79 Å². The maximum atomic E-state index is 12.6. The van der Waals surface area contributed by atoms with Gasteiger partial charge in [0.1, 0.15) is 6.10 Å². The third kappa shape index (κ3) is 6.23. The Morgan fingerprint density at radius 3 is 2.25 bits per heavy atom. The number of hydrogen-bond acceptors (Lipinski definition) is 3. The molecule has 1 aromatic carbocycles. The summed E-state index contributed by atoms with van der Waals surface area (Å²) in [5.74, 6) is 0.0287. The number of ether oxygens (including phenoxy) is 1. The van der Waals surface area contributed by atoms with E-state index in [4.69, 9.17) is 4.74 Å². The SMILES string of the molecule is CC(OCc1ccccc1)C(=O)N1CCC(NC(=O)NC2CCCCC2)CC1. The van der Waals surface area contributed by atoms with Crippen LogP contribution >= 0.6 is 0 Å². The van der Waals surface area contributed by atoms with Crippen LogP contribution in [0.25, 0.3) is 0 Å². The van der Waals surface area contributed by atoms with Crippen LogP contribution in [0.2, 0.25) is 0 Å². The molecule has 6 nitrogen and oxygen atoms in total. The summed E-state index contributed by atoms with van der Waals surface area (Å²) in [6, 6.07) is 10.3. The van der Waals surface area contributed by atoms with Crippen molar-refractivity contribution in [2.75, 3.05) is 13.1 Å². The van der Waals surface area contributed by atoms with E-state index in [0.717, 1.165) is 31.2 Å². The van der Waals surface area contributed by atoms with Gasteiger partial charge >= 0.3 is 6.03 Å². The Hall–Kier alpha value is -2.08. The Morgan fingerprint density at radius 1 is 1.00 bits per heavy atom. The number of piperidine rings is 1. The van der Waals surface area contributed by atoms with Crippen molar-refractivity contribution < 1.29 is 14.3 Å². The van der Waals surface area contributed by atoms with Crippen LogP contribution in [-0.4, -0.2) is 48.1 Å².